The second-order valence-corrected chi connectivity index (χ2v) is 8.13. The van der Waals surface area contributed by atoms with Crippen LogP contribution in [0, 0.1) is 27.7 Å². The molecule has 4 nitrogen and oxygen atoms in total. The number of aromatic nitrogens is 2. The van der Waals surface area contributed by atoms with Crippen molar-refractivity contribution in [3.8, 4) is 5.69 Å². The van der Waals surface area contributed by atoms with Crippen LogP contribution in [0.3, 0.4) is 0 Å². The minimum Gasteiger partial charge on any atom is -0.352 e. The quantitative estimate of drug-likeness (QED) is 0.657. The highest BCUT2D eigenvalue weighted by Crippen LogP contribution is 2.40. The Balaban J connectivity index is 1.83. The highest BCUT2D eigenvalue weighted by molar-refractivity contribution is 7.80. The molecule has 0 amide bonds. The Morgan fingerprint density at radius 2 is 1.71 bits per heavy atom. The largest absolute Gasteiger partial charge is 0.352 e. The van der Waals surface area contributed by atoms with Gasteiger partial charge in [-0.15, -0.1) is 0 Å². The van der Waals surface area contributed by atoms with Gasteiger partial charge in [0.05, 0.1) is 17.8 Å². The van der Waals surface area contributed by atoms with E-state index in [-0.39, 0.29) is 12.1 Å². The van der Waals surface area contributed by atoms with Crippen LogP contribution < -0.4 is 5.32 Å². The molecule has 4 rings (SSSR count). The van der Waals surface area contributed by atoms with Crippen LogP contribution in [-0.2, 0) is 0 Å². The molecular formula is C23H26N4S. The monoisotopic (exact) mass is 390 g/mol. The normalized spacial score (nSPS) is 19.2. The number of hydrogen-bond donors (Lipinski definition) is 1. The fourth-order valence-corrected chi connectivity index (χ4v) is 4.65. The third-order valence-electron chi connectivity index (χ3n) is 5.59. The predicted molar refractivity (Wildman–Crippen MR) is 118 cm³/mol. The average Bonchev–Trinajstić information content (AvgIpc) is 3.10. The van der Waals surface area contributed by atoms with Gasteiger partial charge in [0, 0.05) is 30.3 Å². The van der Waals surface area contributed by atoms with Gasteiger partial charge in [0.1, 0.15) is 0 Å². The van der Waals surface area contributed by atoms with Gasteiger partial charge in [-0.1, -0.05) is 12.1 Å². The lowest BCUT2D eigenvalue weighted by Crippen LogP contribution is -2.25. The van der Waals surface area contributed by atoms with Crippen LogP contribution in [0.5, 0.6) is 0 Å². The van der Waals surface area contributed by atoms with Gasteiger partial charge in [-0.3, -0.25) is 4.98 Å². The first-order valence-electron chi connectivity index (χ1n) is 9.58. The number of thiocarbonyl (C=S) groups is 1. The van der Waals surface area contributed by atoms with E-state index in [0.717, 1.165) is 10.8 Å². The van der Waals surface area contributed by atoms with Gasteiger partial charge >= 0.3 is 0 Å². The van der Waals surface area contributed by atoms with E-state index in [1.54, 1.807) is 0 Å². The van der Waals surface area contributed by atoms with Crippen LogP contribution in [0.1, 0.15) is 45.9 Å². The molecule has 1 aliphatic heterocycles. The lowest BCUT2D eigenvalue weighted by Gasteiger charge is -2.24. The van der Waals surface area contributed by atoms with Gasteiger partial charge in [-0.2, -0.15) is 0 Å². The summed E-state index contributed by atoms with van der Waals surface area (Å²) in [6.45, 7) is 8.67. The molecule has 3 heterocycles. The zero-order valence-electron chi connectivity index (χ0n) is 17.0. The van der Waals surface area contributed by atoms with Crippen molar-refractivity contribution in [1.29, 1.82) is 0 Å². The van der Waals surface area contributed by atoms with E-state index in [1.807, 2.05) is 18.3 Å². The number of nitrogens with zero attached hydrogens (tertiary/aromatic N) is 3. The van der Waals surface area contributed by atoms with Gasteiger partial charge in [0.2, 0.25) is 0 Å². The number of rotatable bonds is 3. The molecule has 1 fully saturated rings. The summed E-state index contributed by atoms with van der Waals surface area (Å²) in [5, 5.41) is 4.23. The van der Waals surface area contributed by atoms with Crippen LogP contribution in [0.4, 0.5) is 0 Å². The fourth-order valence-electron chi connectivity index (χ4n) is 4.41. The number of nitrogens with one attached hydrogen (secondary N) is 1. The lowest BCUT2D eigenvalue weighted by molar-refractivity contribution is 0.367. The molecule has 0 unspecified atom stereocenters. The van der Waals surface area contributed by atoms with Crippen molar-refractivity contribution in [2.75, 3.05) is 7.05 Å². The standard InChI is InChI=1S/C23H26N4S/c1-14-10-15(2)12-18(11-14)27-16(3)13-19(17(27)4)22-21(25-23(28)26(22)5)20-8-6-7-9-24-20/h6-13,21-22H,1-5H3,(H,25,28)/t21-,22+/m0/s1. The van der Waals surface area contributed by atoms with Crippen molar-refractivity contribution in [3.05, 3.63) is 82.4 Å². The Morgan fingerprint density at radius 1 is 1.00 bits per heavy atom. The second-order valence-electron chi connectivity index (χ2n) is 7.75. The highest BCUT2D eigenvalue weighted by Gasteiger charge is 2.39. The molecule has 0 aliphatic carbocycles. The first-order chi connectivity index (χ1) is 13.4. The Morgan fingerprint density at radius 3 is 2.36 bits per heavy atom. The Labute approximate surface area is 172 Å². The molecule has 3 aromatic rings. The first-order valence-corrected chi connectivity index (χ1v) is 9.99. The molecular weight excluding hydrogens is 364 g/mol. The van der Waals surface area contributed by atoms with Crippen LogP contribution in [0.25, 0.3) is 5.69 Å². The van der Waals surface area contributed by atoms with Gasteiger partial charge in [-0.25, -0.2) is 0 Å². The number of pyridine rings is 1. The van der Waals surface area contributed by atoms with Crippen LogP contribution in [0.15, 0.2) is 48.7 Å². The number of hydrogen-bond acceptors (Lipinski definition) is 2. The number of benzene rings is 1. The first kappa shape index (κ1) is 18.7. The molecule has 2 atom stereocenters. The lowest BCUT2D eigenvalue weighted by atomic mass is 9.97. The number of aryl methyl sites for hydroxylation is 3. The third-order valence-corrected chi connectivity index (χ3v) is 6.00. The number of likely N-dealkylation sites (N-methyl/N-ethyl adjacent to an activating group) is 1. The molecule has 1 N–H and O–H groups in total. The summed E-state index contributed by atoms with van der Waals surface area (Å²) in [7, 11) is 2.06. The molecule has 1 saturated heterocycles. The molecule has 5 heteroatoms. The van der Waals surface area contributed by atoms with Crippen LogP contribution >= 0.6 is 12.2 Å². The van der Waals surface area contributed by atoms with Crippen molar-refractivity contribution in [2.45, 2.75) is 39.8 Å². The maximum Gasteiger partial charge on any atom is 0.169 e. The van der Waals surface area contributed by atoms with Crippen molar-refractivity contribution < 1.29 is 0 Å². The van der Waals surface area contributed by atoms with E-state index in [0.29, 0.717) is 0 Å². The van der Waals surface area contributed by atoms with E-state index in [4.69, 9.17) is 12.2 Å². The molecule has 144 valence electrons. The van der Waals surface area contributed by atoms with Gasteiger partial charge in [-0.05, 0) is 86.9 Å². The van der Waals surface area contributed by atoms with E-state index >= 15 is 0 Å². The average molecular weight is 391 g/mol. The van der Waals surface area contributed by atoms with Crippen LogP contribution in [0.2, 0.25) is 0 Å². The van der Waals surface area contributed by atoms with Gasteiger partial charge in [0.25, 0.3) is 0 Å². The molecule has 0 saturated carbocycles. The molecule has 2 aromatic heterocycles. The minimum absolute atomic E-state index is 0.0342. The molecule has 0 bridgehead atoms. The second kappa shape index (κ2) is 7.06. The van der Waals surface area contributed by atoms with Crippen molar-refractivity contribution in [3.63, 3.8) is 0 Å². The molecule has 1 aromatic carbocycles. The fraction of sp³-hybridized carbons (Fsp3) is 0.304. The van der Waals surface area contributed by atoms with E-state index in [9.17, 15) is 0 Å². The maximum atomic E-state index is 5.59. The summed E-state index contributed by atoms with van der Waals surface area (Å²) in [5.74, 6) is 0. The Bertz CT molecular complexity index is 1020. The van der Waals surface area contributed by atoms with E-state index in [1.165, 1.54) is 33.8 Å². The van der Waals surface area contributed by atoms with Crippen molar-refractivity contribution in [1.82, 2.24) is 19.8 Å². The van der Waals surface area contributed by atoms with Gasteiger partial charge < -0.3 is 14.8 Å². The maximum absolute atomic E-state index is 5.59. The van der Waals surface area contributed by atoms with Crippen LogP contribution in [-0.4, -0.2) is 26.6 Å². The molecule has 0 radical (unpaired) electrons. The van der Waals surface area contributed by atoms with Gasteiger partial charge in [0.15, 0.2) is 5.11 Å². The topological polar surface area (TPSA) is 33.1 Å². The smallest absolute Gasteiger partial charge is 0.169 e. The van der Waals surface area contributed by atoms with E-state index in [2.05, 4.69) is 84.8 Å². The summed E-state index contributed by atoms with van der Waals surface area (Å²) in [6.07, 6.45) is 1.84. The third kappa shape index (κ3) is 3.10. The van der Waals surface area contributed by atoms with Crippen molar-refractivity contribution in [2.24, 2.45) is 0 Å². The predicted octanol–water partition coefficient (Wildman–Crippen LogP) is 4.71. The molecule has 28 heavy (non-hydrogen) atoms. The van der Waals surface area contributed by atoms with E-state index < -0.39 is 0 Å². The zero-order chi connectivity index (χ0) is 20.0. The summed E-state index contributed by atoms with van der Waals surface area (Å²) in [5.41, 5.74) is 8.52. The summed E-state index contributed by atoms with van der Waals surface area (Å²) in [6, 6.07) is 15.2. The zero-order valence-corrected chi connectivity index (χ0v) is 17.8. The Hall–Kier alpha value is -2.66. The minimum atomic E-state index is 0.0342. The molecule has 1 aliphatic rings. The summed E-state index contributed by atoms with van der Waals surface area (Å²) in [4.78, 5) is 6.75. The SMILES string of the molecule is Cc1cc(C)cc(-n2c(C)cc([C@@H]3[C@H](c4ccccn4)NC(=S)N3C)c2C)c1. The summed E-state index contributed by atoms with van der Waals surface area (Å²) >= 11 is 5.59. The van der Waals surface area contributed by atoms with Crippen molar-refractivity contribution >= 4 is 17.3 Å². The molecule has 0 spiro atoms. The summed E-state index contributed by atoms with van der Waals surface area (Å²) < 4.78 is 2.35. The highest BCUT2D eigenvalue weighted by atomic mass is 32.1. The Kier molecular flexibility index (Phi) is 4.71.